The number of unbranched alkanes of at least 4 members (excludes halogenated alkanes) is 18. The number of hydrogen-bond acceptors (Lipinski definition) is 2. The zero-order valence-corrected chi connectivity index (χ0v) is 32.8. The van der Waals surface area contributed by atoms with Gasteiger partial charge in [-0.25, -0.2) is 0 Å². The Hall–Kier alpha value is -3.78. The molecule has 0 fully saturated rings. The molecule has 0 atom stereocenters. The third-order valence-electron chi connectivity index (χ3n) is 10.2. The molecule has 0 aromatic heterocycles. The highest BCUT2D eigenvalue weighted by Gasteiger charge is 2.14. The summed E-state index contributed by atoms with van der Waals surface area (Å²) in [6.07, 6.45) is 35.1. The van der Waals surface area contributed by atoms with Crippen molar-refractivity contribution in [1.29, 1.82) is 0 Å². The summed E-state index contributed by atoms with van der Waals surface area (Å²) in [6.45, 7) is 6.03. The lowest BCUT2D eigenvalue weighted by Crippen LogP contribution is -2.02. The molecule has 0 bridgehead atoms. The number of rotatable bonds is 28. The molecule has 0 amide bonds. The van der Waals surface area contributed by atoms with Crippen molar-refractivity contribution in [2.45, 2.75) is 142 Å². The highest BCUT2D eigenvalue weighted by Crippen LogP contribution is 2.39. The average molecular weight is 701 g/mol. The first-order valence-corrected chi connectivity index (χ1v) is 21.1. The van der Waals surface area contributed by atoms with Gasteiger partial charge in [0.2, 0.25) is 0 Å². The van der Waals surface area contributed by atoms with Crippen molar-refractivity contribution in [3.8, 4) is 11.5 Å². The van der Waals surface area contributed by atoms with Crippen LogP contribution in [0.5, 0.6) is 11.5 Å². The van der Waals surface area contributed by atoms with Crippen LogP contribution in [-0.4, -0.2) is 13.2 Å². The van der Waals surface area contributed by atoms with E-state index >= 15 is 0 Å². The molecule has 0 heterocycles. The standard InChI is InChI=1S/C50H68O2/c1-3-5-7-9-11-13-15-17-19-27-41-51-49-45(35-33-43-29-23-21-24-30-43)37-40-48-47(49)39-38-46(36-34-44-31-25-22-26-32-44)50(48)52-42-28-20-18-16-14-12-10-8-6-4-2/h21-26,29-40H,3-20,27-28,41-42H2,1-2H3/b35-33+,36-34+. The summed E-state index contributed by atoms with van der Waals surface area (Å²) in [5, 5.41) is 2.24. The van der Waals surface area contributed by atoms with Crippen molar-refractivity contribution in [3.63, 3.8) is 0 Å². The lowest BCUT2D eigenvalue weighted by molar-refractivity contribution is 0.304. The van der Waals surface area contributed by atoms with E-state index < -0.39 is 0 Å². The minimum Gasteiger partial charge on any atom is -0.492 e. The molecule has 2 heteroatoms. The summed E-state index contributed by atoms with van der Waals surface area (Å²) in [5.74, 6) is 1.92. The Balaban J connectivity index is 1.47. The summed E-state index contributed by atoms with van der Waals surface area (Å²) in [4.78, 5) is 0. The predicted molar refractivity (Wildman–Crippen MR) is 229 cm³/mol. The van der Waals surface area contributed by atoms with Crippen LogP contribution in [0.1, 0.15) is 165 Å². The summed E-state index contributed by atoms with van der Waals surface area (Å²) < 4.78 is 13.4. The van der Waals surface area contributed by atoms with Gasteiger partial charge in [-0.1, -0.05) is 227 Å². The lowest BCUT2D eigenvalue weighted by Gasteiger charge is -2.17. The van der Waals surface area contributed by atoms with Crippen LogP contribution in [0.25, 0.3) is 35.1 Å². The Kier molecular flexibility index (Phi) is 20.5. The van der Waals surface area contributed by atoms with Crippen molar-refractivity contribution in [2.75, 3.05) is 13.2 Å². The number of hydrogen-bond donors (Lipinski definition) is 0. The van der Waals surface area contributed by atoms with Crippen LogP contribution in [0.3, 0.4) is 0 Å². The van der Waals surface area contributed by atoms with E-state index in [2.05, 4.69) is 123 Å². The molecular weight excluding hydrogens is 633 g/mol. The second-order valence-corrected chi connectivity index (χ2v) is 14.6. The monoisotopic (exact) mass is 701 g/mol. The first kappa shape index (κ1) is 41.0. The van der Waals surface area contributed by atoms with Gasteiger partial charge < -0.3 is 9.47 Å². The maximum absolute atomic E-state index is 6.72. The molecule has 0 aliphatic rings. The maximum atomic E-state index is 6.72. The quantitative estimate of drug-likeness (QED) is 0.0434. The highest BCUT2D eigenvalue weighted by atomic mass is 16.5. The van der Waals surface area contributed by atoms with E-state index in [4.69, 9.17) is 9.47 Å². The van der Waals surface area contributed by atoms with Crippen LogP contribution >= 0.6 is 0 Å². The second kappa shape index (κ2) is 26.1. The van der Waals surface area contributed by atoms with Gasteiger partial charge >= 0.3 is 0 Å². The minimum absolute atomic E-state index is 0.728. The molecule has 4 aromatic rings. The normalized spacial score (nSPS) is 11.7. The van der Waals surface area contributed by atoms with Gasteiger partial charge in [0, 0.05) is 21.9 Å². The van der Waals surface area contributed by atoms with Crippen LogP contribution in [0.4, 0.5) is 0 Å². The Morgan fingerprint density at radius 1 is 0.346 bits per heavy atom. The number of ether oxygens (including phenoxy) is 2. The van der Waals surface area contributed by atoms with Gasteiger partial charge in [-0.15, -0.1) is 0 Å². The fourth-order valence-electron chi connectivity index (χ4n) is 7.00. The fourth-order valence-corrected chi connectivity index (χ4v) is 7.00. The Labute approximate surface area is 317 Å². The zero-order valence-electron chi connectivity index (χ0n) is 32.8. The van der Waals surface area contributed by atoms with Crippen LogP contribution in [0.15, 0.2) is 84.9 Å². The molecule has 0 spiro atoms. The highest BCUT2D eigenvalue weighted by molar-refractivity contribution is 5.99. The first-order chi connectivity index (χ1) is 25.8. The Bertz CT molecular complexity index is 1430. The minimum atomic E-state index is 0.728. The maximum Gasteiger partial charge on any atom is 0.134 e. The Morgan fingerprint density at radius 2 is 0.673 bits per heavy atom. The zero-order chi connectivity index (χ0) is 36.3. The van der Waals surface area contributed by atoms with Crippen molar-refractivity contribution in [1.82, 2.24) is 0 Å². The molecular formula is C50H68O2. The molecule has 0 aliphatic heterocycles. The first-order valence-electron chi connectivity index (χ1n) is 21.1. The number of fused-ring (bicyclic) bond motifs is 1. The van der Waals surface area contributed by atoms with E-state index in [1.807, 2.05) is 0 Å². The summed E-state index contributed by atoms with van der Waals surface area (Å²) in [6, 6.07) is 30.0. The lowest BCUT2D eigenvalue weighted by atomic mass is 9.99. The van der Waals surface area contributed by atoms with E-state index in [1.54, 1.807) is 0 Å². The summed E-state index contributed by atoms with van der Waals surface area (Å²) >= 11 is 0. The SMILES string of the molecule is CCCCCCCCCCCCOc1c(/C=C/c2ccccc2)ccc2c(OCCCCCCCCCCCC)c(/C=C/c3ccccc3)ccc12. The molecule has 4 aromatic carbocycles. The fraction of sp³-hybridized carbons (Fsp3) is 0.480. The summed E-state index contributed by atoms with van der Waals surface area (Å²) in [5.41, 5.74) is 4.59. The third-order valence-corrected chi connectivity index (χ3v) is 10.2. The van der Waals surface area contributed by atoms with E-state index in [-0.39, 0.29) is 0 Å². The number of benzene rings is 4. The van der Waals surface area contributed by atoms with Crippen LogP contribution in [0, 0.1) is 0 Å². The molecule has 0 saturated heterocycles. The van der Waals surface area contributed by atoms with Gasteiger partial charge in [0.05, 0.1) is 13.2 Å². The average Bonchev–Trinajstić information content (AvgIpc) is 3.18. The summed E-state index contributed by atoms with van der Waals surface area (Å²) in [7, 11) is 0. The van der Waals surface area contributed by atoms with Crippen molar-refractivity contribution < 1.29 is 9.47 Å². The van der Waals surface area contributed by atoms with E-state index in [1.165, 1.54) is 127 Å². The molecule has 4 rings (SSSR count). The molecule has 0 radical (unpaired) electrons. The van der Waals surface area contributed by atoms with Gasteiger partial charge in [0.15, 0.2) is 0 Å². The third kappa shape index (κ3) is 15.4. The van der Waals surface area contributed by atoms with Crippen LogP contribution in [-0.2, 0) is 0 Å². The van der Waals surface area contributed by atoms with Gasteiger partial charge in [0.1, 0.15) is 11.5 Å². The molecule has 0 N–H and O–H groups in total. The van der Waals surface area contributed by atoms with Crippen molar-refractivity contribution in [3.05, 3.63) is 107 Å². The second-order valence-electron chi connectivity index (χ2n) is 14.6. The molecule has 2 nitrogen and oxygen atoms in total. The van der Waals surface area contributed by atoms with Crippen LogP contribution in [0.2, 0.25) is 0 Å². The van der Waals surface area contributed by atoms with Crippen LogP contribution < -0.4 is 9.47 Å². The molecule has 280 valence electrons. The van der Waals surface area contributed by atoms with Crippen molar-refractivity contribution >= 4 is 35.1 Å². The molecule has 52 heavy (non-hydrogen) atoms. The molecule has 0 saturated carbocycles. The molecule has 0 aliphatic carbocycles. The van der Waals surface area contributed by atoms with Gasteiger partial charge in [0.25, 0.3) is 0 Å². The van der Waals surface area contributed by atoms with Gasteiger partial charge in [-0.05, 0) is 36.1 Å². The van der Waals surface area contributed by atoms with E-state index in [0.717, 1.165) is 59.5 Å². The van der Waals surface area contributed by atoms with Crippen molar-refractivity contribution in [2.24, 2.45) is 0 Å². The smallest absolute Gasteiger partial charge is 0.134 e. The van der Waals surface area contributed by atoms with Gasteiger partial charge in [-0.2, -0.15) is 0 Å². The molecule has 0 unspecified atom stereocenters. The predicted octanol–water partition coefficient (Wildman–Crippen LogP) is 15.8. The van der Waals surface area contributed by atoms with E-state index in [0.29, 0.717) is 0 Å². The van der Waals surface area contributed by atoms with E-state index in [9.17, 15) is 0 Å². The largest absolute Gasteiger partial charge is 0.492 e. The Morgan fingerprint density at radius 3 is 1.02 bits per heavy atom. The van der Waals surface area contributed by atoms with Gasteiger partial charge in [-0.3, -0.25) is 0 Å². The topological polar surface area (TPSA) is 18.5 Å².